The number of Topliss-reactive ketones (excluding diaryl/α,β-unsaturated/α-hetero) is 1. The summed E-state index contributed by atoms with van der Waals surface area (Å²) in [7, 11) is -3.74. The summed E-state index contributed by atoms with van der Waals surface area (Å²) in [6.07, 6.45) is 0.836. The number of hydrogen-bond donors (Lipinski definition) is 2. The summed E-state index contributed by atoms with van der Waals surface area (Å²) in [5.74, 6) is 0.505. The molecule has 2 aromatic carbocycles. The van der Waals surface area contributed by atoms with Crippen molar-refractivity contribution in [2.75, 3.05) is 10.0 Å². The molecule has 7 nitrogen and oxygen atoms in total. The van der Waals surface area contributed by atoms with E-state index in [4.69, 9.17) is 0 Å². The molecule has 0 radical (unpaired) electrons. The number of anilines is 3. The number of aromatic nitrogens is 2. The second-order valence-electron chi connectivity index (χ2n) is 6.17. The van der Waals surface area contributed by atoms with E-state index in [1.807, 2.05) is 6.92 Å². The summed E-state index contributed by atoms with van der Waals surface area (Å²) >= 11 is 0. The van der Waals surface area contributed by atoms with Crippen molar-refractivity contribution in [3.8, 4) is 0 Å². The third kappa shape index (κ3) is 4.72. The second-order valence-corrected chi connectivity index (χ2v) is 7.85. The molecule has 0 amide bonds. The summed E-state index contributed by atoms with van der Waals surface area (Å²) in [4.78, 5) is 11.6. The molecule has 3 rings (SSSR count). The molecule has 0 atom stereocenters. The van der Waals surface area contributed by atoms with Crippen molar-refractivity contribution < 1.29 is 13.2 Å². The number of carbonyl (C=O) groups excluding carboxylic acids is 1. The number of nitrogens with one attached hydrogen (secondary N) is 2. The van der Waals surface area contributed by atoms with Crippen LogP contribution in [0.1, 0.15) is 29.8 Å². The molecule has 0 saturated heterocycles. The Bertz CT molecular complexity index is 1080. The van der Waals surface area contributed by atoms with Crippen LogP contribution in [-0.4, -0.2) is 24.4 Å². The molecule has 0 spiro atoms. The van der Waals surface area contributed by atoms with E-state index < -0.39 is 10.0 Å². The van der Waals surface area contributed by atoms with Gasteiger partial charge in [0.25, 0.3) is 10.0 Å². The SMILES string of the molecule is CCc1ccc(S(=O)(=O)Nc2ccc(Nc3cccc(C(C)=O)c3)nn2)cc1. The lowest BCUT2D eigenvalue weighted by atomic mass is 10.1. The molecule has 0 fully saturated rings. The molecule has 0 saturated carbocycles. The fraction of sp³-hybridized carbons (Fsp3) is 0.150. The van der Waals surface area contributed by atoms with Gasteiger partial charge in [0.1, 0.15) is 0 Å². The van der Waals surface area contributed by atoms with Gasteiger partial charge in [0, 0.05) is 11.3 Å². The van der Waals surface area contributed by atoms with Gasteiger partial charge < -0.3 is 5.32 Å². The van der Waals surface area contributed by atoms with Crippen LogP contribution in [0.25, 0.3) is 0 Å². The lowest BCUT2D eigenvalue weighted by Crippen LogP contribution is -2.14. The zero-order valence-corrected chi connectivity index (χ0v) is 16.3. The number of nitrogens with zero attached hydrogens (tertiary/aromatic N) is 2. The predicted molar refractivity (Wildman–Crippen MR) is 108 cm³/mol. The fourth-order valence-electron chi connectivity index (χ4n) is 2.52. The van der Waals surface area contributed by atoms with E-state index in [1.165, 1.54) is 13.0 Å². The molecule has 3 aromatic rings. The zero-order chi connectivity index (χ0) is 20.1. The molecule has 28 heavy (non-hydrogen) atoms. The largest absolute Gasteiger partial charge is 0.339 e. The van der Waals surface area contributed by atoms with Crippen molar-refractivity contribution in [2.24, 2.45) is 0 Å². The highest BCUT2D eigenvalue weighted by Crippen LogP contribution is 2.19. The van der Waals surface area contributed by atoms with Crippen molar-refractivity contribution in [3.05, 3.63) is 71.8 Å². The average molecular weight is 396 g/mol. The molecule has 0 aliphatic carbocycles. The van der Waals surface area contributed by atoms with Gasteiger partial charge >= 0.3 is 0 Å². The van der Waals surface area contributed by atoms with Crippen LogP contribution in [-0.2, 0) is 16.4 Å². The third-order valence-corrected chi connectivity index (χ3v) is 5.46. The van der Waals surface area contributed by atoms with Gasteiger partial charge in [-0.1, -0.05) is 31.2 Å². The van der Waals surface area contributed by atoms with Gasteiger partial charge in [0.2, 0.25) is 0 Å². The van der Waals surface area contributed by atoms with Gasteiger partial charge in [-0.05, 0) is 55.3 Å². The molecule has 0 aliphatic rings. The Hall–Kier alpha value is -3.26. The highest BCUT2D eigenvalue weighted by Gasteiger charge is 2.15. The fourth-order valence-corrected chi connectivity index (χ4v) is 3.51. The number of benzene rings is 2. The molecular weight excluding hydrogens is 376 g/mol. The van der Waals surface area contributed by atoms with E-state index in [9.17, 15) is 13.2 Å². The van der Waals surface area contributed by atoms with Crippen LogP contribution < -0.4 is 10.0 Å². The first kappa shape index (κ1) is 19.5. The maximum absolute atomic E-state index is 12.5. The van der Waals surface area contributed by atoms with Gasteiger partial charge in [0.15, 0.2) is 17.4 Å². The van der Waals surface area contributed by atoms with Crippen LogP contribution in [0.3, 0.4) is 0 Å². The molecule has 1 aromatic heterocycles. The first-order valence-electron chi connectivity index (χ1n) is 8.71. The molecule has 1 heterocycles. The highest BCUT2D eigenvalue weighted by molar-refractivity contribution is 7.92. The van der Waals surface area contributed by atoms with Gasteiger partial charge in [-0.15, -0.1) is 10.2 Å². The summed E-state index contributed by atoms with van der Waals surface area (Å²) < 4.78 is 27.3. The Balaban J connectivity index is 1.71. The van der Waals surface area contributed by atoms with Crippen molar-refractivity contribution in [1.82, 2.24) is 10.2 Å². The normalized spacial score (nSPS) is 11.1. The molecule has 144 valence electrons. The van der Waals surface area contributed by atoms with E-state index in [2.05, 4.69) is 20.2 Å². The average Bonchev–Trinajstić information content (AvgIpc) is 2.69. The van der Waals surface area contributed by atoms with Crippen LogP contribution in [0.4, 0.5) is 17.3 Å². The van der Waals surface area contributed by atoms with Gasteiger partial charge in [0.05, 0.1) is 4.90 Å². The van der Waals surface area contributed by atoms with Crippen LogP contribution in [0.15, 0.2) is 65.6 Å². The monoisotopic (exact) mass is 396 g/mol. The van der Waals surface area contributed by atoms with Gasteiger partial charge in [-0.3, -0.25) is 9.52 Å². The Kier molecular flexibility index (Phi) is 5.70. The van der Waals surface area contributed by atoms with Crippen LogP contribution in [0.5, 0.6) is 0 Å². The summed E-state index contributed by atoms with van der Waals surface area (Å²) in [6, 6.07) is 16.8. The number of sulfonamides is 1. The summed E-state index contributed by atoms with van der Waals surface area (Å²) in [6.45, 7) is 3.50. The van der Waals surface area contributed by atoms with Crippen LogP contribution in [0.2, 0.25) is 0 Å². The highest BCUT2D eigenvalue weighted by atomic mass is 32.2. The topological polar surface area (TPSA) is 101 Å². The first-order valence-corrected chi connectivity index (χ1v) is 10.2. The smallest absolute Gasteiger partial charge is 0.263 e. The minimum Gasteiger partial charge on any atom is -0.339 e. The zero-order valence-electron chi connectivity index (χ0n) is 15.5. The Morgan fingerprint density at radius 2 is 1.64 bits per heavy atom. The number of rotatable bonds is 7. The maximum atomic E-state index is 12.5. The van der Waals surface area contributed by atoms with Crippen molar-refractivity contribution in [2.45, 2.75) is 25.2 Å². The summed E-state index contributed by atoms with van der Waals surface area (Å²) in [5, 5.41) is 10.9. The number of ketones is 1. The Morgan fingerprint density at radius 3 is 2.25 bits per heavy atom. The third-order valence-electron chi connectivity index (χ3n) is 4.09. The van der Waals surface area contributed by atoms with E-state index >= 15 is 0 Å². The van der Waals surface area contributed by atoms with Crippen LogP contribution in [0, 0.1) is 0 Å². The van der Waals surface area contributed by atoms with Crippen LogP contribution >= 0.6 is 0 Å². The van der Waals surface area contributed by atoms with Crippen molar-refractivity contribution >= 4 is 33.1 Å². The predicted octanol–water partition coefficient (Wildman–Crippen LogP) is 3.79. The lowest BCUT2D eigenvalue weighted by molar-refractivity contribution is 0.101. The van der Waals surface area contributed by atoms with Crippen molar-refractivity contribution in [1.29, 1.82) is 0 Å². The number of carbonyl (C=O) groups is 1. The molecule has 0 unspecified atom stereocenters. The first-order chi connectivity index (χ1) is 13.4. The maximum Gasteiger partial charge on any atom is 0.263 e. The van der Waals surface area contributed by atoms with Gasteiger partial charge in [-0.2, -0.15) is 0 Å². The van der Waals surface area contributed by atoms with Crippen molar-refractivity contribution in [3.63, 3.8) is 0 Å². The lowest BCUT2D eigenvalue weighted by Gasteiger charge is -2.09. The van der Waals surface area contributed by atoms with E-state index in [0.29, 0.717) is 17.1 Å². The quantitative estimate of drug-likeness (QED) is 0.589. The Morgan fingerprint density at radius 1 is 0.964 bits per heavy atom. The van der Waals surface area contributed by atoms with E-state index in [1.54, 1.807) is 54.6 Å². The minimum atomic E-state index is -3.74. The molecule has 0 aliphatic heterocycles. The summed E-state index contributed by atoms with van der Waals surface area (Å²) in [5.41, 5.74) is 2.32. The standard InChI is InChI=1S/C20H20N4O3S/c1-3-15-7-9-18(10-8-15)28(26,27)24-20-12-11-19(22-23-20)21-17-6-4-5-16(13-17)14(2)25/h4-13H,3H2,1-2H3,(H,21,22)(H,23,24). The number of hydrogen-bond acceptors (Lipinski definition) is 6. The Labute approximate surface area is 163 Å². The molecule has 0 bridgehead atoms. The number of aryl methyl sites for hydroxylation is 1. The van der Waals surface area contributed by atoms with Gasteiger partial charge in [-0.25, -0.2) is 8.42 Å². The van der Waals surface area contributed by atoms with E-state index in [0.717, 1.165) is 12.0 Å². The molecular formula is C20H20N4O3S. The molecule has 2 N–H and O–H groups in total. The molecule has 8 heteroatoms. The van der Waals surface area contributed by atoms with E-state index in [-0.39, 0.29) is 16.5 Å². The second kappa shape index (κ2) is 8.18. The minimum absolute atomic E-state index is 0.0357.